The minimum atomic E-state index is -0.417. The van der Waals surface area contributed by atoms with E-state index in [1.807, 2.05) is 6.92 Å². The second-order valence-electron chi connectivity index (χ2n) is 4.27. The Labute approximate surface area is 116 Å². The van der Waals surface area contributed by atoms with Crippen molar-refractivity contribution in [3.63, 3.8) is 0 Å². The molecule has 2 rings (SSSR count). The molecule has 1 aromatic carbocycles. The topological polar surface area (TPSA) is 57.9 Å². The number of rotatable bonds is 4. The number of pyridine rings is 1. The molecule has 0 aliphatic carbocycles. The number of aromatic nitrogens is 1. The van der Waals surface area contributed by atoms with Crippen LogP contribution in [0.1, 0.15) is 24.1 Å². The highest BCUT2D eigenvalue weighted by molar-refractivity contribution is 5.52. The zero-order valence-corrected chi connectivity index (χ0v) is 11.2. The van der Waals surface area contributed by atoms with Crippen molar-refractivity contribution in [3.8, 4) is 11.8 Å². The summed E-state index contributed by atoms with van der Waals surface area (Å²) in [7, 11) is 1.42. The molecule has 1 unspecified atom stereocenters. The standard InChI is InChI=1S/C15H14FN3O/c1-10(11-5-6-14(20-2)13(16)8-11)19-15-12(9-17)4-3-7-18-15/h3-8,10H,1-2H3,(H,18,19). The SMILES string of the molecule is COc1ccc(C(C)Nc2ncccc2C#N)cc1F. The molecule has 0 saturated carbocycles. The van der Waals surface area contributed by atoms with Gasteiger partial charge in [-0.05, 0) is 36.8 Å². The Morgan fingerprint density at radius 1 is 1.40 bits per heavy atom. The molecule has 0 amide bonds. The van der Waals surface area contributed by atoms with E-state index < -0.39 is 5.82 Å². The largest absolute Gasteiger partial charge is 0.494 e. The van der Waals surface area contributed by atoms with Crippen LogP contribution in [0.2, 0.25) is 0 Å². The molecule has 1 atom stereocenters. The summed E-state index contributed by atoms with van der Waals surface area (Å²) in [4.78, 5) is 4.12. The predicted molar refractivity (Wildman–Crippen MR) is 73.9 cm³/mol. The van der Waals surface area contributed by atoms with Crippen LogP contribution in [0.15, 0.2) is 36.5 Å². The van der Waals surface area contributed by atoms with Crippen molar-refractivity contribution in [2.24, 2.45) is 0 Å². The van der Waals surface area contributed by atoms with Crippen LogP contribution in [0, 0.1) is 17.1 Å². The fraction of sp³-hybridized carbons (Fsp3) is 0.200. The van der Waals surface area contributed by atoms with Crippen molar-refractivity contribution < 1.29 is 9.13 Å². The van der Waals surface area contributed by atoms with Gasteiger partial charge in [-0.15, -0.1) is 0 Å². The average molecular weight is 271 g/mol. The smallest absolute Gasteiger partial charge is 0.165 e. The third-order valence-corrected chi connectivity index (χ3v) is 2.96. The number of benzene rings is 1. The maximum atomic E-state index is 13.7. The third kappa shape index (κ3) is 2.86. The van der Waals surface area contributed by atoms with Crippen LogP contribution in [0.25, 0.3) is 0 Å². The lowest BCUT2D eigenvalue weighted by atomic mass is 10.1. The zero-order valence-electron chi connectivity index (χ0n) is 11.2. The predicted octanol–water partition coefficient (Wildman–Crippen LogP) is 3.27. The molecule has 1 heterocycles. The van der Waals surface area contributed by atoms with E-state index in [-0.39, 0.29) is 11.8 Å². The molecule has 5 heteroatoms. The summed E-state index contributed by atoms with van der Waals surface area (Å²) in [5.74, 6) is 0.274. The van der Waals surface area contributed by atoms with E-state index in [2.05, 4.69) is 16.4 Å². The monoisotopic (exact) mass is 271 g/mol. The van der Waals surface area contributed by atoms with Crippen molar-refractivity contribution in [1.29, 1.82) is 5.26 Å². The van der Waals surface area contributed by atoms with E-state index >= 15 is 0 Å². The minimum Gasteiger partial charge on any atom is -0.494 e. The van der Waals surface area contributed by atoms with Crippen LogP contribution in [0.5, 0.6) is 5.75 Å². The van der Waals surface area contributed by atoms with E-state index in [0.29, 0.717) is 11.4 Å². The van der Waals surface area contributed by atoms with Gasteiger partial charge in [-0.1, -0.05) is 6.07 Å². The van der Waals surface area contributed by atoms with Crippen LogP contribution >= 0.6 is 0 Å². The summed E-state index contributed by atoms with van der Waals surface area (Å²) in [6.07, 6.45) is 1.60. The quantitative estimate of drug-likeness (QED) is 0.927. The lowest BCUT2D eigenvalue weighted by Crippen LogP contribution is -2.09. The van der Waals surface area contributed by atoms with Gasteiger partial charge in [-0.3, -0.25) is 0 Å². The summed E-state index contributed by atoms with van der Waals surface area (Å²) in [5.41, 5.74) is 1.20. The lowest BCUT2D eigenvalue weighted by Gasteiger charge is -2.16. The first-order valence-electron chi connectivity index (χ1n) is 6.10. The molecule has 0 bridgehead atoms. The molecule has 0 aliphatic rings. The van der Waals surface area contributed by atoms with Gasteiger partial charge in [0, 0.05) is 6.20 Å². The highest BCUT2D eigenvalue weighted by Gasteiger charge is 2.11. The summed E-state index contributed by atoms with van der Waals surface area (Å²) in [6, 6.07) is 10.0. The van der Waals surface area contributed by atoms with Gasteiger partial charge in [0.1, 0.15) is 11.9 Å². The maximum absolute atomic E-state index is 13.7. The summed E-state index contributed by atoms with van der Waals surface area (Å²) < 4.78 is 18.6. The molecule has 0 aliphatic heterocycles. The Morgan fingerprint density at radius 2 is 2.20 bits per heavy atom. The van der Waals surface area contributed by atoms with E-state index in [9.17, 15) is 4.39 Å². The Morgan fingerprint density at radius 3 is 2.85 bits per heavy atom. The van der Waals surface area contributed by atoms with E-state index in [4.69, 9.17) is 10.00 Å². The first-order valence-corrected chi connectivity index (χ1v) is 6.10. The molecule has 0 spiro atoms. The Hall–Kier alpha value is -2.61. The molecule has 0 saturated heterocycles. The number of anilines is 1. The highest BCUT2D eigenvalue weighted by atomic mass is 19.1. The van der Waals surface area contributed by atoms with Gasteiger partial charge in [-0.2, -0.15) is 5.26 Å². The molecular weight excluding hydrogens is 257 g/mol. The lowest BCUT2D eigenvalue weighted by molar-refractivity contribution is 0.386. The average Bonchev–Trinajstić information content (AvgIpc) is 2.47. The van der Waals surface area contributed by atoms with Gasteiger partial charge in [0.25, 0.3) is 0 Å². The summed E-state index contributed by atoms with van der Waals surface area (Å²) in [5, 5.41) is 12.1. The first kappa shape index (κ1) is 13.8. The second kappa shape index (κ2) is 6.02. The van der Waals surface area contributed by atoms with E-state index in [1.165, 1.54) is 13.2 Å². The fourth-order valence-corrected chi connectivity index (χ4v) is 1.85. The van der Waals surface area contributed by atoms with Gasteiger partial charge in [0.15, 0.2) is 11.6 Å². The van der Waals surface area contributed by atoms with Gasteiger partial charge in [0.05, 0.1) is 18.7 Å². The minimum absolute atomic E-state index is 0.183. The molecule has 4 nitrogen and oxygen atoms in total. The van der Waals surface area contributed by atoms with Crippen LogP contribution in [0.4, 0.5) is 10.2 Å². The maximum Gasteiger partial charge on any atom is 0.165 e. The number of methoxy groups -OCH3 is 1. The second-order valence-corrected chi connectivity index (χ2v) is 4.27. The molecule has 1 aromatic heterocycles. The summed E-state index contributed by atoms with van der Waals surface area (Å²) >= 11 is 0. The Bertz CT molecular complexity index is 652. The number of ether oxygens (including phenoxy) is 1. The number of hydrogen-bond donors (Lipinski definition) is 1. The van der Waals surface area contributed by atoms with Crippen LogP contribution in [0.3, 0.4) is 0 Å². The normalized spacial score (nSPS) is 11.5. The van der Waals surface area contributed by atoms with Gasteiger partial charge >= 0.3 is 0 Å². The van der Waals surface area contributed by atoms with Gasteiger partial charge in [-0.25, -0.2) is 9.37 Å². The number of hydrogen-bond acceptors (Lipinski definition) is 4. The fourth-order valence-electron chi connectivity index (χ4n) is 1.85. The Kier molecular flexibility index (Phi) is 4.16. The van der Waals surface area contributed by atoms with Gasteiger partial charge in [0.2, 0.25) is 0 Å². The van der Waals surface area contributed by atoms with Crippen molar-refractivity contribution in [1.82, 2.24) is 4.98 Å². The Balaban J connectivity index is 2.22. The van der Waals surface area contributed by atoms with Crippen LogP contribution in [-0.2, 0) is 0 Å². The van der Waals surface area contributed by atoms with E-state index in [1.54, 1.807) is 30.5 Å². The highest BCUT2D eigenvalue weighted by Crippen LogP contribution is 2.24. The van der Waals surface area contributed by atoms with Crippen LogP contribution < -0.4 is 10.1 Å². The molecule has 20 heavy (non-hydrogen) atoms. The number of nitriles is 1. The molecule has 102 valence electrons. The third-order valence-electron chi connectivity index (χ3n) is 2.96. The number of halogens is 1. The number of nitrogens with zero attached hydrogens (tertiary/aromatic N) is 2. The van der Waals surface area contributed by atoms with Crippen molar-refractivity contribution in [2.75, 3.05) is 12.4 Å². The van der Waals surface area contributed by atoms with Crippen molar-refractivity contribution in [2.45, 2.75) is 13.0 Å². The van der Waals surface area contributed by atoms with Gasteiger partial charge < -0.3 is 10.1 Å². The van der Waals surface area contributed by atoms with E-state index in [0.717, 1.165) is 5.56 Å². The molecule has 0 radical (unpaired) electrons. The molecule has 1 N–H and O–H groups in total. The zero-order chi connectivity index (χ0) is 14.5. The number of nitrogens with one attached hydrogen (secondary N) is 1. The van der Waals surface area contributed by atoms with Crippen LogP contribution in [-0.4, -0.2) is 12.1 Å². The first-order chi connectivity index (χ1) is 9.65. The molecular formula is C15H14FN3O. The molecule has 0 fully saturated rings. The summed E-state index contributed by atoms with van der Waals surface area (Å²) in [6.45, 7) is 1.87. The van der Waals surface area contributed by atoms with Crippen molar-refractivity contribution in [3.05, 3.63) is 53.5 Å². The van der Waals surface area contributed by atoms with Crippen molar-refractivity contribution >= 4 is 5.82 Å². The molecule has 2 aromatic rings.